The molecule has 1 heterocycles. The maximum absolute atomic E-state index is 13.0. The summed E-state index contributed by atoms with van der Waals surface area (Å²) in [6, 6.07) is 11.3. The summed E-state index contributed by atoms with van der Waals surface area (Å²) >= 11 is 0. The summed E-state index contributed by atoms with van der Waals surface area (Å²) in [7, 11) is 0. The van der Waals surface area contributed by atoms with Gasteiger partial charge in [-0.25, -0.2) is 4.79 Å². The molecule has 0 bridgehead atoms. The van der Waals surface area contributed by atoms with Crippen LogP contribution in [-0.4, -0.2) is 34.5 Å². The molecule has 1 aliphatic carbocycles. The second-order valence-electron chi connectivity index (χ2n) is 8.28. The number of halogens is 3. The van der Waals surface area contributed by atoms with Crippen LogP contribution in [0.5, 0.6) is 0 Å². The highest BCUT2D eigenvalue weighted by molar-refractivity contribution is 5.87. The van der Waals surface area contributed by atoms with Gasteiger partial charge < -0.3 is 10.4 Å². The van der Waals surface area contributed by atoms with E-state index in [1.807, 2.05) is 4.90 Å². The number of carbonyl (C=O) groups is 2. The summed E-state index contributed by atoms with van der Waals surface area (Å²) in [6.45, 7) is 1.12. The zero-order chi connectivity index (χ0) is 22.2. The molecule has 2 aliphatic rings. The van der Waals surface area contributed by atoms with Crippen molar-refractivity contribution in [3.8, 4) is 0 Å². The molecule has 8 heteroatoms. The van der Waals surface area contributed by atoms with Gasteiger partial charge in [0.25, 0.3) is 0 Å². The van der Waals surface area contributed by atoms with Crippen LogP contribution in [0.3, 0.4) is 0 Å². The van der Waals surface area contributed by atoms with Gasteiger partial charge >= 0.3 is 12.1 Å². The van der Waals surface area contributed by atoms with Crippen LogP contribution in [0.1, 0.15) is 52.7 Å². The average molecular weight is 432 g/mol. The molecular weight excluding hydrogens is 409 g/mol. The lowest BCUT2D eigenvalue weighted by molar-refractivity contribution is -0.137. The van der Waals surface area contributed by atoms with Crippen LogP contribution in [0.2, 0.25) is 0 Å². The first-order valence-electron chi connectivity index (χ1n) is 10.2. The quantitative estimate of drug-likeness (QED) is 0.719. The Morgan fingerprint density at radius 2 is 1.71 bits per heavy atom. The minimum Gasteiger partial charge on any atom is -0.478 e. The van der Waals surface area contributed by atoms with Gasteiger partial charge in [-0.05, 0) is 67.6 Å². The molecule has 31 heavy (non-hydrogen) atoms. The maximum atomic E-state index is 13.0. The van der Waals surface area contributed by atoms with Crippen molar-refractivity contribution in [2.24, 2.45) is 0 Å². The van der Waals surface area contributed by atoms with Gasteiger partial charge in [0, 0.05) is 6.54 Å². The third kappa shape index (κ3) is 4.58. The third-order valence-corrected chi connectivity index (χ3v) is 6.13. The summed E-state index contributed by atoms with van der Waals surface area (Å²) in [5.41, 5.74) is 0.675. The average Bonchev–Trinajstić information content (AvgIpc) is 3.36. The number of benzene rings is 2. The van der Waals surface area contributed by atoms with Crippen molar-refractivity contribution in [1.29, 1.82) is 0 Å². The molecule has 2 aromatic rings. The van der Waals surface area contributed by atoms with E-state index in [4.69, 9.17) is 5.11 Å². The van der Waals surface area contributed by atoms with E-state index in [0.29, 0.717) is 19.5 Å². The number of alkyl halides is 3. The lowest BCUT2D eigenvalue weighted by Crippen LogP contribution is -2.46. The Kier molecular flexibility index (Phi) is 5.51. The number of nitrogens with one attached hydrogen (secondary N) is 1. The first-order chi connectivity index (χ1) is 14.7. The van der Waals surface area contributed by atoms with Crippen LogP contribution < -0.4 is 5.32 Å². The molecule has 1 saturated heterocycles. The summed E-state index contributed by atoms with van der Waals surface area (Å²) in [5, 5.41) is 12.2. The molecule has 1 saturated carbocycles. The Morgan fingerprint density at radius 3 is 2.26 bits per heavy atom. The summed E-state index contributed by atoms with van der Waals surface area (Å²) in [5.74, 6) is -1.09. The summed E-state index contributed by atoms with van der Waals surface area (Å²) < 4.78 is 38.3. The second-order valence-corrected chi connectivity index (χ2v) is 8.28. The largest absolute Gasteiger partial charge is 0.478 e. The number of carboxylic acids is 1. The molecular formula is C23H23F3N2O3. The number of carboxylic acid groups (broad SMARTS) is 1. The van der Waals surface area contributed by atoms with Crippen molar-refractivity contribution in [3.63, 3.8) is 0 Å². The first kappa shape index (κ1) is 21.4. The minimum atomic E-state index is -4.37. The fraction of sp³-hybridized carbons (Fsp3) is 0.391. The van der Waals surface area contributed by atoms with Crippen molar-refractivity contribution in [1.82, 2.24) is 10.2 Å². The van der Waals surface area contributed by atoms with E-state index in [9.17, 15) is 22.8 Å². The molecule has 0 spiro atoms. The number of carbonyl (C=O) groups excluding carboxylic acids is 1. The van der Waals surface area contributed by atoms with Crippen molar-refractivity contribution in [3.05, 3.63) is 70.8 Å². The number of aromatic carboxylic acids is 1. The molecule has 2 N–H and O–H groups in total. The molecule has 2 fully saturated rings. The molecule has 1 aliphatic heterocycles. The maximum Gasteiger partial charge on any atom is 0.416 e. The van der Waals surface area contributed by atoms with Crippen LogP contribution in [0.25, 0.3) is 0 Å². The number of rotatable bonds is 6. The van der Waals surface area contributed by atoms with Crippen LogP contribution in [0, 0.1) is 0 Å². The highest BCUT2D eigenvalue weighted by Gasteiger charge is 2.47. The standard InChI is InChI=1S/C23H23F3N2O3/c24-23(25,26)18-7-3-15(4-8-18)14-28-13-1-2-19(28)20(29)27-22(11-12-22)17-9-5-16(6-10-17)21(30)31/h3-10,19H,1-2,11-14H2,(H,27,29)(H,30,31)/t19-/m1/s1. The van der Waals surface area contributed by atoms with E-state index < -0.39 is 23.2 Å². The normalized spacial score (nSPS) is 20.4. The van der Waals surface area contributed by atoms with E-state index in [1.54, 1.807) is 12.1 Å². The molecule has 5 nitrogen and oxygen atoms in total. The monoisotopic (exact) mass is 432 g/mol. The molecule has 164 valence electrons. The number of amides is 1. The first-order valence-corrected chi connectivity index (χ1v) is 10.2. The van der Waals surface area contributed by atoms with Crippen molar-refractivity contribution in [2.75, 3.05) is 6.54 Å². The van der Waals surface area contributed by atoms with Gasteiger partial charge in [-0.15, -0.1) is 0 Å². The Labute approximate surface area is 177 Å². The van der Waals surface area contributed by atoms with E-state index in [-0.39, 0.29) is 17.5 Å². The fourth-order valence-electron chi connectivity index (χ4n) is 4.21. The zero-order valence-corrected chi connectivity index (χ0v) is 16.8. The predicted octanol–water partition coefficient (Wildman–Crippen LogP) is 4.17. The van der Waals surface area contributed by atoms with Crippen LogP contribution in [0.4, 0.5) is 13.2 Å². The summed E-state index contributed by atoms with van der Waals surface area (Å²) in [4.78, 5) is 26.1. The minimum absolute atomic E-state index is 0.0933. The van der Waals surface area contributed by atoms with Gasteiger partial charge in [-0.2, -0.15) is 13.2 Å². The second kappa shape index (κ2) is 8.00. The number of nitrogens with zero attached hydrogens (tertiary/aromatic N) is 1. The molecule has 0 radical (unpaired) electrons. The van der Waals surface area contributed by atoms with Gasteiger partial charge in [-0.1, -0.05) is 24.3 Å². The Hall–Kier alpha value is -2.87. The highest BCUT2D eigenvalue weighted by atomic mass is 19.4. The Morgan fingerprint density at radius 1 is 1.06 bits per heavy atom. The lowest BCUT2D eigenvalue weighted by Gasteiger charge is -2.27. The van der Waals surface area contributed by atoms with Gasteiger partial charge in [0.15, 0.2) is 0 Å². The SMILES string of the molecule is O=C(O)c1ccc(C2(NC(=O)[C@H]3CCCN3Cc3ccc(C(F)(F)F)cc3)CC2)cc1. The number of hydrogen-bond acceptors (Lipinski definition) is 3. The van der Waals surface area contributed by atoms with Crippen molar-refractivity contribution < 1.29 is 27.9 Å². The van der Waals surface area contributed by atoms with E-state index in [2.05, 4.69) is 5.32 Å². The van der Waals surface area contributed by atoms with Crippen molar-refractivity contribution >= 4 is 11.9 Å². The molecule has 1 atom stereocenters. The van der Waals surface area contributed by atoms with E-state index >= 15 is 0 Å². The molecule has 2 aromatic carbocycles. The Bertz CT molecular complexity index is 967. The van der Waals surface area contributed by atoms with Gasteiger partial charge in [0.1, 0.15) is 0 Å². The number of likely N-dealkylation sites (tertiary alicyclic amines) is 1. The Balaban J connectivity index is 1.41. The van der Waals surface area contributed by atoms with Gasteiger partial charge in [0.05, 0.1) is 22.7 Å². The van der Waals surface area contributed by atoms with Gasteiger partial charge in [-0.3, -0.25) is 9.69 Å². The number of hydrogen-bond donors (Lipinski definition) is 2. The predicted molar refractivity (Wildman–Crippen MR) is 107 cm³/mol. The summed E-state index contributed by atoms with van der Waals surface area (Å²) in [6.07, 6.45) is -1.25. The molecule has 1 amide bonds. The van der Waals surface area contributed by atoms with Gasteiger partial charge in [0.2, 0.25) is 5.91 Å². The highest BCUT2D eigenvalue weighted by Crippen LogP contribution is 2.46. The molecule has 4 rings (SSSR count). The topological polar surface area (TPSA) is 69.6 Å². The smallest absolute Gasteiger partial charge is 0.416 e. The van der Waals surface area contributed by atoms with Crippen molar-refractivity contribution in [2.45, 2.75) is 50.0 Å². The fourth-order valence-corrected chi connectivity index (χ4v) is 4.21. The van der Waals surface area contributed by atoms with E-state index in [0.717, 1.165) is 42.5 Å². The van der Waals surface area contributed by atoms with Crippen LogP contribution in [-0.2, 0) is 23.1 Å². The molecule has 0 unspecified atom stereocenters. The van der Waals surface area contributed by atoms with E-state index in [1.165, 1.54) is 24.3 Å². The third-order valence-electron chi connectivity index (χ3n) is 6.13. The van der Waals surface area contributed by atoms with Crippen LogP contribution >= 0.6 is 0 Å². The molecule has 0 aromatic heterocycles. The van der Waals surface area contributed by atoms with Crippen LogP contribution in [0.15, 0.2) is 48.5 Å². The lowest BCUT2D eigenvalue weighted by atomic mass is 10.0. The zero-order valence-electron chi connectivity index (χ0n) is 16.8.